The Labute approximate surface area is 116 Å². The van der Waals surface area contributed by atoms with Crippen LogP contribution < -0.4 is 10.5 Å². The predicted molar refractivity (Wildman–Crippen MR) is 70.4 cm³/mol. The van der Waals surface area contributed by atoms with Crippen LogP contribution in [-0.2, 0) is 9.59 Å². The van der Waals surface area contributed by atoms with Gasteiger partial charge in [0.25, 0.3) is 5.91 Å². The summed E-state index contributed by atoms with van der Waals surface area (Å²) in [5.41, 5.74) is 5.24. The van der Waals surface area contributed by atoms with Gasteiger partial charge in [-0.3, -0.25) is 9.59 Å². The summed E-state index contributed by atoms with van der Waals surface area (Å²) in [5, 5.41) is 0. The number of nitrogens with two attached hydrogens (primary N) is 1. The maximum atomic E-state index is 12.7. The van der Waals surface area contributed by atoms with Gasteiger partial charge in [-0.2, -0.15) is 0 Å². The summed E-state index contributed by atoms with van der Waals surface area (Å²) in [6, 6.07) is 5.50. The monoisotopic (exact) mass is 280 g/mol. The Hall–Kier alpha value is -2.11. The minimum Gasteiger partial charge on any atom is -0.484 e. The Bertz CT molecular complexity index is 482. The van der Waals surface area contributed by atoms with Gasteiger partial charge in [0.2, 0.25) is 5.91 Å². The van der Waals surface area contributed by atoms with Gasteiger partial charge in [-0.25, -0.2) is 4.39 Å². The number of hydrogen-bond acceptors (Lipinski definition) is 3. The Morgan fingerprint density at radius 1 is 1.25 bits per heavy atom. The Morgan fingerprint density at radius 3 is 2.40 bits per heavy atom. The van der Waals surface area contributed by atoms with E-state index < -0.39 is 0 Å². The average molecular weight is 280 g/mol. The molecule has 1 fully saturated rings. The zero-order valence-electron chi connectivity index (χ0n) is 11.0. The molecule has 0 bridgehead atoms. The number of primary amides is 1. The van der Waals surface area contributed by atoms with Crippen molar-refractivity contribution in [2.45, 2.75) is 12.8 Å². The van der Waals surface area contributed by atoms with Crippen molar-refractivity contribution in [3.8, 4) is 5.75 Å². The van der Waals surface area contributed by atoms with E-state index in [1.807, 2.05) is 0 Å². The molecule has 2 amide bonds. The molecule has 1 aromatic rings. The molecule has 1 saturated heterocycles. The molecule has 6 heteroatoms. The molecule has 0 unspecified atom stereocenters. The van der Waals surface area contributed by atoms with E-state index in [0.717, 1.165) is 0 Å². The summed E-state index contributed by atoms with van der Waals surface area (Å²) in [5.74, 6) is -0.488. The van der Waals surface area contributed by atoms with Crippen LogP contribution in [0.25, 0.3) is 0 Å². The predicted octanol–water partition coefficient (Wildman–Crippen LogP) is 0.928. The van der Waals surface area contributed by atoms with Gasteiger partial charge in [0, 0.05) is 19.0 Å². The maximum absolute atomic E-state index is 12.7. The number of hydrogen-bond donors (Lipinski definition) is 1. The topological polar surface area (TPSA) is 72.6 Å². The highest BCUT2D eigenvalue weighted by Gasteiger charge is 2.25. The van der Waals surface area contributed by atoms with E-state index in [-0.39, 0.29) is 30.2 Å². The molecule has 0 aromatic heterocycles. The van der Waals surface area contributed by atoms with Crippen molar-refractivity contribution < 1.29 is 18.7 Å². The smallest absolute Gasteiger partial charge is 0.260 e. The first-order valence-corrected chi connectivity index (χ1v) is 6.51. The van der Waals surface area contributed by atoms with Gasteiger partial charge < -0.3 is 15.4 Å². The summed E-state index contributed by atoms with van der Waals surface area (Å²) < 4.78 is 18.0. The maximum Gasteiger partial charge on any atom is 0.260 e. The first-order chi connectivity index (χ1) is 9.56. The number of carbonyl (C=O) groups excluding carboxylic acids is 2. The quantitative estimate of drug-likeness (QED) is 0.891. The van der Waals surface area contributed by atoms with Crippen molar-refractivity contribution in [2.24, 2.45) is 11.7 Å². The van der Waals surface area contributed by atoms with Crippen LogP contribution in [-0.4, -0.2) is 36.4 Å². The van der Waals surface area contributed by atoms with Gasteiger partial charge in [-0.1, -0.05) is 0 Å². The van der Waals surface area contributed by atoms with Crippen LogP contribution in [0.1, 0.15) is 12.8 Å². The number of halogens is 1. The van der Waals surface area contributed by atoms with Crippen LogP contribution in [0, 0.1) is 11.7 Å². The first-order valence-electron chi connectivity index (χ1n) is 6.51. The molecule has 5 nitrogen and oxygen atoms in total. The molecule has 1 heterocycles. The van der Waals surface area contributed by atoms with Crippen LogP contribution in [0.4, 0.5) is 4.39 Å². The van der Waals surface area contributed by atoms with Crippen molar-refractivity contribution in [1.82, 2.24) is 4.90 Å². The summed E-state index contributed by atoms with van der Waals surface area (Å²) >= 11 is 0. The van der Waals surface area contributed by atoms with Gasteiger partial charge in [-0.15, -0.1) is 0 Å². The third-order valence-electron chi connectivity index (χ3n) is 3.43. The normalized spacial score (nSPS) is 15.9. The summed E-state index contributed by atoms with van der Waals surface area (Å²) in [6.45, 7) is 0.936. The molecule has 1 aliphatic heterocycles. The molecule has 2 N–H and O–H groups in total. The lowest BCUT2D eigenvalue weighted by Crippen LogP contribution is -2.43. The van der Waals surface area contributed by atoms with E-state index in [9.17, 15) is 14.0 Å². The van der Waals surface area contributed by atoms with E-state index in [1.54, 1.807) is 4.90 Å². The highest BCUT2D eigenvalue weighted by atomic mass is 19.1. The second-order valence-corrected chi connectivity index (χ2v) is 4.80. The second-order valence-electron chi connectivity index (χ2n) is 4.80. The molecule has 2 rings (SSSR count). The number of nitrogens with zero attached hydrogens (tertiary/aromatic N) is 1. The average Bonchev–Trinajstić information content (AvgIpc) is 2.46. The highest BCUT2D eigenvalue weighted by Crippen LogP contribution is 2.17. The van der Waals surface area contributed by atoms with E-state index in [4.69, 9.17) is 10.5 Å². The molecule has 0 spiro atoms. The van der Waals surface area contributed by atoms with Crippen molar-refractivity contribution in [3.05, 3.63) is 30.1 Å². The third kappa shape index (κ3) is 3.69. The van der Waals surface area contributed by atoms with Gasteiger partial charge in [0.15, 0.2) is 6.61 Å². The van der Waals surface area contributed by atoms with E-state index in [1.165, 1.54) is 24.3 Å². The zero-order valence-corrected chi connectivity index (χ0v) is 11.0. The Morgan fingerprint density at radius 2 is 1.85 bits per heavy atom. The minimum atomic E-state index is -0.350. The van der Waals surface area contributed by atoms with Crippen molar-refractivity contribution >= 4 is 11.8 Å². The van der Waals surface area contributed by atoms with Crippen LogP contribution in [0.2, 0.25) is 0 Å². The second kappa shape index (κ2) is 6.36. The first kappa shape index (κ1) is 14.3. The van der Waals surface area contributed by atoms with E-state index in [0.29, 0.717) is 31.7 Å². The largest absolute Gasteiger partial charge is 0.484 e. The summed E-state index contributed by atoms with van der Waals surface area (Å²) in [6.07, 6.45) is 1.19. The number of likely N-dealkylation sites (tertiary alicyclic amines) is 1. The zero-order chi connectivity index (χ0) is 14.5. The van der Waals surface area contributed by atoms with Gasteiger partial charge in [-0.05, 0) is 37.1 Å². The molecular formula is C14H17FN2O3. The number of carbonyl (C=O) groups is 2. The number of amides is 2. The van der Waals surface area contributed by atoms with Gasteiger partial charge in [0.1, 0.15) is 11.6 Å². The highest BCUT2D eigenvalue weighted by molar-refractivity contribution is 5.79. The molecule has 1 aromatic carbocycles. The van der Waals surface area contributed by atoms with Gasteiger partial charge >= 0.3 is 0 Å². The fraction of sp³-hybridized carbons (Fsp3) is 0.429. The van der Waals surface area contributed by atoms with Crippen molar-refractivity contribution in [2.75, 3.05) is 19.7 Å². The number of rotatable bonds is 4. The number of piperidine rings is 1. The fourth-order valence-electron chi connectivity index (χ4n) is 2.18. The van der Waals surface area contributed by atoms with Crippen molar-refractivity contribution in [1.29, 1.82) is 0 Å². The van der Waals surface area contributed by atoms with Crippen molar-refractivity contribution in [3.63, 3.8) is 0 Å². The molecule has 108 valence electrons. The molecular weight excluding hydrogens is 263 g/mol. The molecule has 0 saturated carbocycles. The van der Waals surface area contributed by atoms with E-state index in [2.05, 4.69) is 0 Å². The Balaban J connectivity index is 1.78. The summed E-state index contributed by atoms with van der Waals surface area (Å²) in [7, 11) is 0. The van der Waals surface area contributed by atoms with Crippen LogP contribution in [0.15, 0.2) is 24.3 Å². The minimum absolute atomic E-state index is 0.0904. The lowest BCUT2D eigenvalue weighted by molar-refractivity contribution is -0.136. The SMILES string of the molecule is NC(=O)C1CCN(C(=O)COc2ccc(F)cc2)CC1. The molecule has 0 radical (unpaired) electrons. The standard InChI is InChI=1S/C14H17FN2O3/c15-11-1-3-12(4-2-11)20-9-13(18)17-7-5-10(6-8-17)14(16)19/h1-4,10H,5-9H2,(H2,16,19). The summed E-state index contributed by atoms with van der Waals surface area (Å²) in [4.78, 5) is 24.6. The van der Waals surface area contributed by atoms with Crippen LogP contribution in [0.5, 0.6) is 5.75 Å². The van der Waals surface area contributed by atoms with Crippen LogP contribution >= 0.6 is 0 Å². The fourth-order valence-corrected chi connectivity index (χ4v) is 2.18. The number of benzene rings is 1. The molecule has 0 atom stereocenters. The van der Waals surface area contributed by atoms with Crippen LogP contribution in [0.3, 0.4) is 0 Å². The Kier molecular flexibility index (Phi) is 4.55. The third-order valence-corrected chi connectivity index (χ3v) is 3.43. The lowest BCUT2D eigenvalue weighted by atomic mass is 9.96. The van der Waals surface area contributed by atoms with Gasteiger partial charge in [0.05, 0.1) is 0 Å². The molecule has 20 heavy (non-hydrogen) atoms. The van der Waals surface area contributed by atoms with E-state index >= 15 is 0 Å². The molecule has 1 aliphatic rings. The molecule has 0 aliphatic carbocycles. The number of ether oxygens (including phenoxy) is 1. The lowest BCUT2D eigenvalue weighted by Gasteiger charge is -2.30.